The molecule has 2 rings (SSSR count). The number of nitrogens with one attached hydrogen (secondary N) is 1. The van der Waals surface area contributed by atoms with Crippen molar-refractivity contribution in [3.63, 3.8) is 0 Å². The second-order valence-corrected chi connectivity index (χ2v) is 5.91. The van der Waals surface area contributed by atoms with Crippen molar-refractivity contribution in [3.8, 4) is 0 Å². The van der Waals surface area contributed by atoms with Crippen molar-refractivity contribution >= 4 is 0 Å². The molecular formula is C12H23NO. The van der Waals surface area contributed by atoms with Gasteiger partial charge in [0.15, 0.2) is 0 Å². The Morgan fingerprint density at radius 2 is 1.64 bits per heavy atom. The normalized spacial score (nSPS) is 38.4. The molecule has 1 N–H and O–H groups in total. The van der Waals surface area contributed by atoms with Gasteiger partial charge in [-0.2, -0.15) is 0 Å². The van der Waals surface area contributed by atoms with Crippen molar-refractivity contribution in [1.82, 2.24) is 5.32 Å². The summed E-state index contributed by atoms with van der Waals surface area (Å²) in [5, 5.41) is 3.78. The zero-order valence-electron chi connectivity index (χ0n) is 9.68. The van der Waals surface area contributed by atoms with Crippen molar-refractivity contribution in [1.29, 1.82) is 0 Å². The Bertz CT molecular complexity index is 175. The number of hydrogen-bond donors (Lipinski definition) is 1. The largest absolute Gasteiger partial charge is 0.381 e. The van der Waals surface area contributed by atoms with Gasteiger partial charge >= 0.3 is 0 Å². The van der Waals surface area contributed by atoms with Gasteiger partial charge in [0.1, 0.15) is 0 Å². The molecule has 2 bridgehead atoms. The van der Waals surface area contributed by atoms with Crippen LogP contribution in [-0.4, -0.2) is 24.8 Å². The van der Waals surface area contributed by atoms with Gasteiger partial charge in [0, 0.05) is 11.6 Å². The maximum absolute atomic E-state index is 5.64. The second kappa shape index (κ2) is 3.82. The molecule has 0 aromatic rings. The first kappa shape index (κ1) is 10.4. The zero-order chi connectivity index (χ0) is 10.2. The monoisotopic (exact) mass is 197 g/mol. The van der Waals surface area contributed by atoms with Crippen LogP contribution < -0.4 is 5.32 Å². The Morgan fingerprint density at radius 1 is 1.07 bits per heavy atom. The van der Waals surface area contributed by atoms with Gasteiger partial charge in [-0.3, -0.25) is 0 Å². The summed E-state index contributed by atoms with van der Waals surface area (Å²) < 4.78 is 5.64. The first-order valence-corrected chi connectivity index (χ1v) is 5.92. The Balaban J connectivity index is 2.01. The fourth-order valence-electron chi connectivity index (χ4n) is 2.87. The minimum atomic E-state index is 0.246. The molecule has 0 aromatic carbocycles. The van der Waals surface area contributed by atoms with Crippen LogP contribution >= 0.6 is 0 Å². The van der Waals surface area contributed by atoms with E-state index in [1.165, 1.54) is 19.3 Å². The molecule has 0 spiro atoms. The fourth-order valence-corrected chi connectivity index (χ4v) is 2.87. The SMILES string of the molecule is CC(C)(C)NC1C2CCCC1COC2. The molecule has 2 fully saturated rings. The maximum atomic E-state index is 5.64. The molecule has 2 nitrogen and oxygen atoms in total. The molecule has 1 heterocycles. The summed E-state index contributed by atoms with van der Waals surface area (Å²) in [6, 6.07) is 0.706. The first-order chi connectivity index (χ1) is 6.56. The van der Waals surface area contributed by atoms with Crippen molar-refractivity contribution in [3.05, 3.63) is 0 Å². The number of ether oxygens (including phenoxy) is 1. The summed E-state index contributed by atoms with van der Waals surface area (Å²) in [5.41, 5.74) is 0.246. The van der Waals surface area contributed by atoms with E-state index in [1.807, 2.05) is 0 Å². The third-order valence-electron chi connectivity index (χ3n) is 3.43. The van der Waals surface area contributed by atoms with Gasteiger partial charge in [0.05, 0.1) is 13.2 Å². The minimum Gasteiger partial charge on any atom is -0.381 e. The average Bonchev–Trinajstić information content (AvgIpc) is 1.99. The molecule has 2 heteroatoms. The predicted octanol–water partition coefficient (Wildman–Crippen LogP) is 2.19. The molecule has 2 aliphatic rings. The van der Waals surface area contributed by atoms with E-state index in [0.717, 1.165) is 25.0 Å². The van der Waals surface area contributed by atoms with Crippen LogP contribution in [0.2, 0.25) is 0 Å². The van der Waals surface area contributed by atoms with Crippen molar-refractivity contribution in [2.45, 2.75) is 51.6 Å². The number of hydrogen-bond acceptors (Lipinski definition) is 2. The highest BCUT2D eigenvalue weighted by Crippen LogP contribution is 2.34. The third-order valence-corrected chi connectivity index (χ3v) is 3.43. The van der Waals surface area contributed by atoms with Crippen LogP contribution in [0.4, 0.5) is 0 Å². The highest BCUT2D eigenvalue weighted by Gasteiger charge is 2.38. The summed E-state index contributed by atoms with van der Waals surface area (Å²) in [6.45, 7) is 8.74. The lowest BCUT2D eigenvalue weighted by molar-refractivity contribution is -0.0423. The van der Waals surface area contributed by atoms with Gasteiger partial charge in [-0.05, 0) is 45.4 Å². The van der Waals surface area contributed by atoms with Crippen molar-refractivity contribution in [2.75, 3.05) is 13.2 Å². The van der Waals surface area contributed by atoms with Crippen LogP contribution in [0.1, 0.15) is 40.0 Å². The number of rotatable bonds is 1. The van der Waals surface area contributed by atoms with Gasteiger partial charge < -0.3 is 10.1 Å². The van der Waals surface area contributed by atoms with E-state index in [4.69, 9.17) is 4.74 Å². The van der Waals surface area contributed by atoms with E-state index in [9.17, 15) is 0 Å². The molecule has 0 radical (unpaired) electrons. The Labute approximate surface area is 87.4 Å². The van der Waals surface area contributed by atoms with Gasteiger partial charge in [0.2, 0.25) is 0 Å². The van der Waals surface area contributed by atoms with Gasteiger partial charge in [-0.25, -0.2) is 0 Å². The lowest BCUT2D eigenvalue weighted by Gasteiger charge is -2.45. The molecule has 2 atom stereocenters. The Hall–Kier alpha value is -0.0800. The highest BCUT2D eigenvalue weighted by molar-refractivity contribution is 4.93. The second-order valence-electron chi connectivity index (χ2n) is 5.91. The minimum absolute atomic E-state index is 0.246. The summed E-state index contributed by atoms with van der Waals surface area (Å²) in [6.07, 6.45) is 4.11. The van der Waals surface area contributed by atoms with Crippen LogP contribution in [0.3, 0.4) is 0 Å². The van der Waals surface area contributed by atoms with E-state index in [2.05, 4.69) is 26.1 Å². The maximum Gasteiger partial charge on any atom is 0.0509 e. The molecule has 2 unspecified atom stereocenters. The quantitative estimate of drug-likeness (QED) is 0.696. The lowest BCUT2D eigenvalue weighted by atomic mass is 9.75. The summed E-state index contributed by atoms with van der Waals surface area (Å²) in [4.78, 5) is 0. The van der Waals surface area contributed by atoms with Crippen LogP contribution in [0.15, 0.2) is 0 Å². The first-order valence-electron chi connectivity index (χ1n) is 5.92. The van der Waals surface area contributed by atoms with E-state index < -0.39 is 0 Å². The van der Waals surface area contributed by atoms with E-state index in [1.54, 1.807) is 0 Å². The Morgan fingerprint density at radius 3 is 2.14 bits per heavy atom. The molecule has 82 valence electrons. The van der Waals surface area contributed by atoms with Gasteiger partial charge in [-0.1, -0.05) is 6.42 Å². The fraction of sp³-hybridized carbons (Fsp3) is 1.00. The summed E-state index contributed by atoms with van der Waals surface area (Å²) >= 11 is 0. The summed E-state index contributed by atoms with van der Waals surface area (Å²) in [7, 11) is 0. The molecule has 0 aromatic heterocycles. The third kappa shape index (κ3) is 2.29. The highest BCUT2D eigenvalue weighted by atomic mass is 16.5. The standard InChI is InChI=1S/C12H23NO/c1-12(2,3)13-11-9-5-4-6-10(11)8-14-7-9/h9-11,13H,4-8H2,1-3H3. The van der Waals surface area contributed by atoms with Crippen LogP contribution in [-0.2, 0) is 4.74 Å². The molecule has 1 saturated carbocycles. The Kier molecular flexibility index (Phi) is 2.85. The van der Waals surface area contributed by atoms with E-state index in [0.29, 0.717) is 6.04 Å². The smallest absolute Gasteiger partial charge is 0.0509 e. The topological polar surface area (TPSA) is 21.3 Å². The van der Waals surface area contributed by atoms with E-state index in [-0.39, 0.29) is 5.54 Å². The molecule has 1 saturated heterocycles. The average molecular weight is 197 g/mol. The molecule has 0 amide bonds. The van der Waals surface area contributed by atoms with Crippen molar-refractivity contribution in [2.24, 2.45) is 11.8 Å². The van der Waals surface area contributed by atoms with E-state index >= 15 is 0 Å². The molecular weight excluding hydrogens is 174 g/mol. The van der Waals surface area contributed by atoms with Crippen LogP contribution in [0.5, 0.6) is 0 Å². The molecule has 1 aliphatic heterocycles. The van der Waals surface area contributed by atoms with Crippen LogP contribution in [0.25, 0.3) is 0 Å². The molecule has 1 aliphatic carbocycles. The summed E-state index contributed by atoms with van der Waals surface area (Å²) in [5.74, 6) is 1.53. The van der Waals surface area contributed by atoms with Gasteiger partial charge in [0.25, 0.3) is 0 Å². The predicted molar refractivity (Wildman–Crippen MR) is 58.3 cm³/mol. The number of fused-ring (bicyclic) bond motifs is 2. The lowest BCUT2D eigenvalue weighted by Crippen LogP contribution is -2.56. The molecule has 14 heavy (non-hydrogen) atoms. The zero-order valence-corrected chi connectivity index (χ0v) is 9.68. The van der Waals surface area contributed by atoms with Gasteiger partial charge in [-0.15, -0.1) is 0 Å². The van der Waals surface area contributed by atoms with Crippen molar-refractivity contribution < 1.29 is 4.74 Å². The van der Waals surface area contributed by atoms with Crippen LogP contribution in [0, 0.1) is 11.8 Å².